The number of hydrazine groups is 1. The lowest BCUT2D eigenvalue weighted by molar-refractivity contribution is -0.117. The highest BCUT2D eigenvalue weighted by atomic mass is 32.1. The molecule has 0 saturated carbocycles. The van der Waals surface area contributed by atoms with Crippen molar-refractivity contribution < 1.29 is 14.4 Å². The molecule has 0 unspecified atom stereocenters. The Morgan fingerprint density at radius 3 is 2.75 bits per heavy atom. The maximum atomic E-state index is 12.4. The van der Waals surface area contributed by atoms with Crippen LogP contribution in [-0.2, 0) is 17.6 Å². The summed E-state index contributed by atoms with van der Waals surface area (Å²) in [7, 11) is 0. The lowest BCUT2D eigenvalue weighted by Gasteiger charge is -2.16. The molecule has 1 fully saturated rings. The second-order valence-corrected chi connectivity index (χ2v) is 8.65. The largest absolute Gasteiger partial charge is 0.312 e. The van der Waals surface area contributed by atoms with E-state index in [-0.39, 0.29) is 11.8 Å². The SMILES string of the molecule is C[C@H]1CCc2sc(C(=O)NNC(=O)c3cccc(N4CCCC4=O)c3)cc2C1. The van der Waals surface area contributed by atoms with Gasteiger partial charge in [-0.05, 0) is 61.4 Å². The van der Waals surface area contributed by atoms with Crippen molar-refractivity contribution in [2.24, 2.45) is 5.92 Å². The van der Waals surface area contributed by atoms with Crippen LogP contribution in [0.2, 0.25) is 0 Å². The van der Waals surface area contributed by atoms with Crippen molar-refractivity contribution in [2.45, 2.75) is 39.0 Å². The number of hydrogen-bond donors (Lipinski definition) is 2. The lowest BCUT2D eigenvalue weighted by atomic mass is 9.90. The Balaban J connectivity index is 1.39. The molecule has 1 atom stereocenters. The fourth-order valence-electron chi connectivity index (χ4n) is 3.80. The summed E-state index contributed by atoms with van der Waals surface area (Å²) < 4.78 is 0. The van der Waals surface area contributed by atoms with Crippen LogP contribution in [-0.4, -0.2) is 24.3 Å². The molecule has 1 saturated heterocycles. The van der Waals surface area contributed by atoms with Crippen LogP contribution in [0.1, 0.15) is 56.7 Å². The summed E-state index contributed by atoms with van der Waals surface area (Å²) in [4.78, 5) is 40.4. The van der Waals surface area contributed by atoms with Crippen molar-refractivity contribution in [2.75, 3.05) is 11.4 Å². The van der Waals surface area contributed by atoms with Crippen LogP contribution in [0.15, 0.2) is 30.3 Å². The van der Waals surface area contributed by atoms with E-state index in [0.29, 0.717) is 35.0 Å². The Labute approximate surface area is 167 Å². The third-order valence-corrected chi connectivity index (χ3v) is 6.57. The van der Waals surface area contributed by atoms with Gasteiger partial charge in [0.25, 0.3) is 11.8 Å². The summed E-state index contributed by atoms with van der Waals surface area (Å²) in [6, 6.07) is 8.84. The maximum Gasteiger partial charge on any atom is 0.279 e. The molecular formula is C21H23N3O3S. The number of aryl methyl sites for hydroxylation is 1. The molecule has 2 N–H and O–H groups in total. The summed E-state index contributed by atoms with van der Waals surface area (Å²) in [5.41, 5.74) is 7.35. The molecule has 28 heavy (non-hydrogen) atoms. The van der Waals surface area contributed by atoms with E-state index in [0.717, 1.165) is 25.7 Å². The minimum absolute atomic E-state index is 0.0711. The van der Waals surface area contributed by atoms with Gasteiger partial charge in [-0.2, -0.15) is 0 Å². The highest BCUT2D eigenvalue weighted by Crippen LogP contribution is 2.32. The van der Waals surface area contributed by atoms with Crippen molar-refractivity contribution in [3.05, 3.63) is 51.2 Å². The van der Waals surface area contributed by atoms with E-state index >= 15 is 0 Å². The van der Waals surface area contributed by atoms with Crippen LogP contribution < -0.4 is 15.8 Å². The molecule has 2 aromatic rings. The molecule has 1 aliphatic heterocycles. The number of thiophene rings is 1. The first-order valence-electron chi connectivity index (χ1n) is 9.64. The average Bonchev–Trinajstić information content (AvgIpc) is 3.31. The first-order valence-corrected chi connectivity index (χ1v) is 10.5. The zero-order chi connectivity index (χ0) is 19.7. The first-order chi connectivity index (χ1) is 13.5. The van der Waals surface area contributed by atoms with Gasteiger partial charge in [0.15, 0.2) is 0 Å². The number of rotatable bonds is 3. The first kappa shape index (κ1) is 18.7. The normalized spacial score (nSPS) is 18.7. The fraction of sp³-hybridized carbons (Fsp3) is 0.381. The van der Waals surface area contributed by atoms with Gasteiger partial charge in [0.05, 0.1) is 4.88 Å². The summed E-state index contributed by atoms with van der Waals surface area (Å²) in [6.07, 6.45) is 4.54. The van der Waals surface area contributed by atoms with Crippen molar-refractivity contribution >= 4 is 34.7 Å². The maximum absolute atomic E-state index is 12.4. The van der Waals surface area contributed by atoms with Gasteiger partial charge in [-0.25, -0.2) is 0 Å². The Morgan fingerprint density at radius 1 is 1.14 bits per heavy atom. The van der Waals surface area contributed by atoms with Crippen LogP contribution in [0.5, 0.6) is 0 Å². The van der Waals surface area contributed by atoms with Crippen LogP contribution in [0, 0.1) is 5.92 Å². The van der Waals surface area contributed by atoms with E-state index in [2.05, 4.69) is 17.8 Å². The average molecular weight is 398 g/mol. The van der Waals surface area contributed by atoms with Crippen LogP contribution in [0.25, 0.3) is 0 Å². The van der Waals surface area contributed by atoms with Gasteiger partial charge in [-0.15, -0.1) is 11.3 Å². The lowest BCUT2D eigenvalue weighted by Crippen LogP contribution is -2.41. The third-order valence-electron chi connectivity index (χ3n) is 5.34. The number of carbonyl (C=O) groups excluding carboxylic acids is 3. The molecule has 2 aliphatic rings. The van der Waals surface area contributed by atoms with Crippen LogP contribution in [0.4, 0.5) is 5.69 Å². The second kappa shape index (κ2) is 7.75. The highest BCUT2D eigenvalue weighted by Gasteiger charge is 2.23. The van der Waals surface area contributed by atoms with Crippen LogP contribution >= 0.6 is 11.3 Å². The zero-order valence-electron chi connectivity index (χ0n) is 15.8. The minimum Gasteiger partial charge on any atom is -0.312 e. The molecule has 0 spiro atoms. The van der Waals surface area contributed by atoms with Gasteiger partial charge in [0, 0.05) is 29.1 Å². The number of nitrogens with one attached hydrogen (secondary N) is 2. The molecule has 146 valence electrons. The molecule has 1 aromatic carbocycles. The van der Waals surface area contributed by atoms with E-state index in [1.54, 1.807) is 23.1 Å². The van der Waals surface area contributed by atoms with E-state index in [1.807, 2.05) is 12.1 Å². The Morgan fingerprint density at radius 2 is 1.96 bits per heavy atom. The Kier molecular flexibility index (Phi) is 5.17. The summed E-state index contributed by atoms with van der Waals surface area (Å²) in [6.45, 7) is 2.90. The van der Waals surface area contributed by atoms with Gasteiger partial charge in [-0.1, -0.05) is 13.0 Å². The number of benzene rings is 1. The number of carbonyl (C=O) groups is 3. The monoisotopic (exact) mass is 397 g/mol. The molecule has 1 aliphatic carbocycles. The number of anilines is 1. The molecular weight excluding hydrogens is 374 g/mol. The zero-order valence-corrected chi connectivity index (χ0v) is 16.6. The Bertz CT molecular complexity index is 937. The summed E-state index contributed by atoms with van der Waals surface area (Å²) in [5.74, 6) is 0.0115. The topological polar surface area (TPSA) is 78.5 Å². The van der Waals surface area contributed by atoms with Gasteiger partial charge < -0.3 is 4.90 Å². The van der Waals surface area contributed by atoms with Crippen LogP contribution in [0.3, 0.4) is 0 Å². The highest BCUT2D eigenvalue weighted by molar-refractivity contribution is 7.14. The molecule has 0 bridgehead atoms. The van der Waals surface area contributed by atoms with Gasteiger partial charge in [0.2, 0.25) is 5.91 Å². The quantitative estimate of drug-likeness (QED) is 0.782. The third kappa shape index (κ3) is 3.80. The minimum atomic E-state index is -0.406. The molecule has 0 radical (unpaired) electrons. The van der Waals surface area contributed by atoms with E-state index < -0.39 is 5.91 Å². The number of fused-ring (bicyclic) bond motifs is 1. The van der Waals surface area contributed by atoms with Gasteiger partial charge >= 0.3 is 0 Å². The van der Waals surface area contributed by atoms with Crippen molar-refractivity contribution in [3.63, 3.8) is 0 Å². The number of amides is 3. The van der Waals surface area contributed by atoms with Crippen molar-refractivity contribution in [1.29, 1.82) is 0 Å². The molecule has 3 amide bonds. The predicted molar refractivity (Wildman–Crippen MR) is 108 cm³/mol. The molecule has 2 heterocycles. The van der Waals surface area contributed by atoms with Crippen molar-refractivity contribution in [1.82, 2.24) is 10.9 Å². The summed E-state index contributed by atoms with van der Waals surface area (Å²) >= 11 is 1.50. The van der Waals surface area contributed by atoms with Gasteiger partial charge in [0.1, 0.15) is 0 Å². The predicted octanol–water partition coefficient (Wildman–Crippen LogP) is 3.07. The van der Waals surface area contributed by atoms with E-state index in [9.17, 15) is 14.4 Å². The smallest absolute Gasteiger partial charge is 0.279 e. The molecule has 7 heteroatoms. The Hall–Kier alpha value is -2.67. The number of hydrogen-bond acceptors (Lipinski definition) is 4. The second-order valence-electron chi connectivity index (χ2n) is 7.51. The standard InChI is InChI=1S/C21H23N3O3S/c1-13-7-8-17-15(10-13)12-18(28-17)21(27)23-22-20(26)14-4-2-5-16(11-14)24-9-3-6-19(24)25/h2,4-5,11-13H,3,6-10H2,1H3,(H,22,26)(H,23,27)/t13-/m0/s1. The molecule has 6 nitrogen and oxygen atoms in total. The van der Waals surface area contributed by atoms with E-state index in [4.69, 9.17) is 0 Å². The summed E-state index contributed by atoms with van der Waals surface area (Å²) in [5, 5.41) is 0. The number of nitrogens with zero attached hydrogens (tertiary/aromatic N) is 1. The van der Waals surface area contributed by atoms with Gasteiger partial charge in [-0.3, -0.25) is 25.2 Å². The molecule has 1 aromatic heterocycles. The molecule has 4 rings (SSSR count). The fourth-order valence-corrected chi connectivity index (χ4v) is 4.90. The van der Waals surface area contributed by atoms with Crippen molar-refractivity contribution in [3.8, 4) is 0 Å². The van der Waals surface area contributed by atoms with E-state index in [1.165, 1.54) is 21.8 Å².